The van der Waals surface area contributed by atoms with Crippen molar-refractivity contribution in [1.29, 1.82) is 0 Å². The molecule has 0 aliphatic carbocycles. The summed E-state index contributed by atoms with van der Waals surface area (Å²) in [6, 6.07) is 15.4. The molecule has 3 aromatic rings. The molecule has 0 saturated heterocycles. The van der Waals surface area contributed by atoms with Gasteiger partial charge in [0.25, 0.3) is 11.8 Å². The number of hydrogen-bond donors (Lipinski definition) is 0. The number of carbonyl (C=O) groups is 1. The Kier molecular flexibility index (Phi) is 5.72. The van der Waals surface area contributed by atoms with E-state index >= 15 is 0 Å². The van der Waals surface area contributed by atoms with Gasteiger partial charge in [-0.15, -0.1) is 0 Å². The number of halogens is 2. The number of carbonyl (C=O) groups excluding carboxylic acids is 1. The van der Waals surface area contributed by atoms with Crippen LogP contribution in [0.4, 0.5) is 8.78 Å². The highest BCUT2D eigenvalue weighted by Gasteiger charge is 2.28. The molecule has 0 spiro atoms. The Bertz CT molecular complexity index is 1100. The zero-order valence-electron chi connectivity index (χ0n) is 17.6. The maximum atomic E-state index is 13.8. The van der Waals surface area contributed by atoms with Crippen LogP contribution < -0.4 is 4.74 Å². The first kappa shape index (κ1) is 21.0. The lowest BCUT2D eigenvalue weighted by Crippen LogP contribution is -2.36. The standard InChI is InChI=1S/C25H24F2N2O2/c1-3-25(26,27)20-7-10-21(11-8-20)31-22-9-6-18-12-14-29(16-19(18)15-22)24(30)23-17(2)5-4-13-28-23/h4-11,13,15H,3,12,14,16H2,1-2H3. The van der Waals surface area contributed by atoms with Gasteiger partial charge in [0.1, 0.15) is 17.2 Å². The average molecular weight is 422 g/mol. The predicted octanol–water partition coefficient (Wildman–Crippen LogP) is 5.88. The molecule has 6 heteroatoms. The number of amides is 1. The van der Waals surface area contributed by atoms with Crippen molar-refractivity contribution in [2.24, 2.45) is 0 Å². The van der Waals surface area contributed by atoms with Gasteiger partial charge >= 0.3 is 0 Å². The van der Waals surface area contributed by atoms with E-state index in [0.29, 0.717) is 30.3 Å². The molecule has 1 aliphatic heterocycles. The van der Waals surface area contributed by atoms with Crippen molar-refractivity contribution in [3.8, 4) is 11.5 Å². The predicted molar refractivity (Wildman–Crippen MR) is 115 cm³/mol. The van der Waals surface area contributed by atoms with Gasteiger partial charge in [-0.05, 0) is 72.5 Å². The third-order valence-corrected chi connectivity index (χ3v) is 5.65. The molecule has 0 radical (unpaired) electrons. The summed E-state index contributed by atoms with van der Waals surface area (Å²) < 4.78 is 33.5. The minimum absolute atomic E-state index is 0.0215. The molecule has 0 saturated carbocycles. The van der Waals surface area contributed by atoms with Crippen molar-refractivity contribution in [1.82, 2.24) is 9.88 Å². The van der Waals surface area contributed by atoms with Gasteiger partial charge < -0.3 is 9.64 Å². The van der Waals surface area contributed by atoms with E-state index in [1.807, 2.05) is 37.3 Å². The van der Waals surface area contributed by atoms with E-state index in [1.165, 1.54) is 24.6 Å². The fraction of sp³-hybridized carbons (Fsp3) is 0.280. The van der Waals surface area contributed by atoms with Gasteiger partial charge in [-0.2, -0.15) is 0 Å². The van der Waals surface area contributed by atoms with E-state index in [2.05, 4.69) is 4.98 Å². The van der Waals surface area contributed by atoms with Crippen LogP contribution in [0.3, 0.4) is 0 Å². The van der Waals surface area contributed by atoms with Crippen LogP contribution in [-0.2, 0) is 18.9 Å². The fourth-order valence-corrected chi connectivity index (χ4v) is 3.74. The lowest BCUT2D eigenvalue weighted by Gasteiger charge is -2.29. The quantitative estimate of drug-likeness (QED) is 0.515. The third-order valence-electron chi connectivity index (χ3n) is 5.65. The Labute approximate surface area is 180 Å². The van der Waals surface area contributed by atoms with Gasteiger partial charge in [0.2, 0.25) is 0 Å². The van der Waals surface area contributed by atoms with Crippen LogP contribution in [0, 0.1) is 6.92 Å². The number of hydrogen-bond acceptors (Lipinski definition) is 3. The van der Waals surface area contributed by atoms with Gasteiger partial charge in [-0.1, -0.05) is 19.1 Å². The second-order valence-electron chi connectivity index (χ2n) is 7.76. The van der Waals surface area contributed by atoms with Crippen LogP contribution in [0.15, 0.2) is 60.8 Å². The van der Waals surface area contributed by atoms with Crippen LogP contribution in [0.25, 0.3) is 0 Å². The Hall–Kier alpha value is -3.28. The van der Waals surface area contributed by atoms with Gasteiger partial charge in [0.15, 0.2) is 0 Å². The number of aryl methyl sites for hydroxylation is 1. The summed E-state index contributed by atoms with van der Waals surface area (Å²) in [5.41, 5.74) is 3.49. The first-order chi connectivity index (χ1) is 14.9. The molecular formula is C25H24F2N2O2. The summed E-state index contributed by atoms with van der Waals surface area (Å²) in [6.45, 7) is 4.45. The number of pyridine rings is 1. The van der Waals surface area contributed by atoms with E-state index in [-0.39, 0.29) is 17.9 Å². The first-order valence-corrected chi connectivity index (χ1v) is 10.4. The summed E-state index contributed by atoms with van der Waals surface area (Å²) in [6.07, 6.45) is 2.14. The lowest BCUT2D eigenvalue weighted by atomic mass is 9.99. The largest absolute Gasteiger partial charge is 0.457 e. The van der Waals surface area contributed by atoms with Crippen LogP contribution in [0.5, 0.6) is 11.5 Å². The molecule has 0 atom stereocenters. The summed E-state index contributed by atoms with van der Waals surface area (Å²) in [5, 5.41) is 0. The van der Waals surface area contributed by atoms with Gasteiger partial charge in [-0.3, -0.25) is 9.78 Å². The van der Waals surface area contributed by atoms with Crippen molar-refractivity contribution in [3.05, 3.63) is 88.7 Å². The molecule has 4 rings (SSSR count). The van der Waals surface area contributed by atoms with Crippen LogP contribution >= 0.6 is 0 Å². The Morgan fingerprint density at radius 1 is 1.10 bits per heavy atom. The highest BCUT2D eigenvalue weighted by atomic mass is 19.3. The molecule has 1 amide bonds. The van der Waals surface area contributed by atoms with Gasteiger partial charge in [-0.25, -0.2) is 8.78 Å². The molecule has 0 N–H and O–H groups in total. The molecule has 2 aromatic carbocycles. The highest BCUT2D eigenvalue weighted by Crippen LogP contribution is 2.33. The maximum Gasteiger partial charge on any atom is 0.273 e. The van der Waals surface area contributed by atoms with E-state index in [4.69, 9.17) is 4.74 Å². The molecule has 1 aromatic heterocycles. The molecule has 160 valence electrons. The van der Waals surface area contributed by atoms with Crippen molar-refractivity contribution < 1.29 is 18.3 Å². The lowest BCUT2D eigenvalue weighted by molar-refractivity contribution is -0.00831. The molecule has 1 aliphatic rings. The number of fused-ring (bicyclic) bond motifs is 1. The highest BCUT2D eigenvalue weighted by molar-refractivity contribution is 5.93. The summed E-state index contributed by atoms with van der Waals surface area (Å²) >= 11 is 0. The number of rotatable bonds is 5. The fourth-order valence-electron chi connectivity index (χ4n) is 3.74. The minimum Gasteiger partial charge on any atom is -0.457 e. The number of nitrogens with zero attached hydrogens (tertiary/aromatic N) is 2. The minimum atomic E-state index is -2.84. The van der Waals surface area contributed by atoms with E-state index in [9.17, 15) is 13.6 Å². The number of benzene rings is 2. The van der Waals surface area contributed by atoms with E-state index in [1.54, 1.807) is 23.2 Å². The Balaban J connectivity index is 1.50. The van der Waals surface area contributed by atoms with Crippen molar-refractivity contribution in [3.63, 3.8) is 0 Å². The molecular weight excluding hydrogens is 398 g/mol. The van der Waals surface area contributed by atoms with E-state index < -0.39 is 5.92 Å². The molecule has 0 fully saturated rings. The normalized spacial score (nSPS) is 13.6. The second kappa shape index (κ2) is 8.46. The number of aromatic nitrogens is 1. The van der Waals surface area contributed by atoms with Crippen LogP contribution in [0.1, 0.15) is 46.1 Å². The Morgan fingerprint density at radius 3 is 2.55 bits per heavy atom. The SMILES string of the molecule is CCC(F)(F)c1ccc(Oc2ccc3c(c2)CN(C(=O)c2ncccc2C)CC3)cc1. The summed E-state index contributed by atoms with van der Waals surface area (Å²) in [5.74, 6) is -1.82. The first-order valence-electron chi connectivity index (χ1n) is 10.4. The zero-order chi connectivity index (χ0) is 22.0. The third kappa shape index (κ3) is 4.43. The molecule has 4 nitrogen and oxygen atoms in total. The molecule has 2 heterocycles. The second-order valence-corrected chi connectivity index (χ2v) is 7.76. The van der Waals surface area contributed by atoms with Crippen LogP contribution in [-0.4, -0.2) is 22.3 Å². The number of ether oxygens (including phenoxy) is 1. The van der Waals surface area contributed by atoms with Crippen molar-refractivity contribution in [2.45, 2.75) is 39.2 Å². The Morgan fingerprint density at radius 2 is 1.84 bits per heavy atom. The van der Waals surface area contributed by atoms with E-state index in [0.717, 1.165) is 17.5 Å². The average Bonchev–Trinajstić information content (AvgIpc) is 2.79. The summed E-state index contributed by atoms with van der Waals surface area (Å²) in [4.78, 5) is 19.0. The molecule has 0 bridgehead atoms. The zero-order valence-corrected chi connectivity index (χ0v) is 17.6. The maximum absolute atomic E-state index is 13.8. The van der Waals surface area contributed by atoms with Crippen molar-refractivity contribution in [2.75, 3.05) is 6.54 Å². The smallest absolute Gasteiger partial charge is 0.273 e. The molecule has 31 heavy (non-hydrogen) atoms. The van der Waals surface area contributed by atoms with Gasteiger partial charge in [0.05, 0.1) is 0 Å². The summed E-state index contributed by atoms with van der Waals surface area (Å²) in [7, 11) is 0. The monoisotopic (exact) mass is 422 g/mol. The topological polar surface area (TPSA) is 42.4 Å². The van der Waals surface area contributed by atoms with Gasteiger partial charge in [0, 0.05) is 31.3 Å². The number of alkyl halides is 2. The van der Waals surface area contributed by atoms with Crippen LogP contribution in [0.2, 0.25) is 0 Å². The van der Waals surface area contributed by atoms with Crippen molar-refractivity contribution >= 4 is 5.91 Å². The molecule has 0 unspecified atom stereocenters.